The topological polar surface area (TPSA) is 107 Å². The zero-order valence-electron chi connectivity index (χ0n) is 14.9. The van der Waals surface area contributed by atoms with E-state index in [0.29, 0.717) is 0 Å². The van der Waals surface area contributed by atoms with Crippen LogP contribution in [0.1, 0.15) is 11.1 Å². The van der Waals surface area contributed by atoms with E-state index in [9.17, 15) is 23.3 Å². The highest BCUT2D eigenvalue weighted by molar-refractivity contribution is 7.88. The molecule has 0 fully saturated rings. The Labute approximate surface area is 157 Å². The third-order valence-electron chi connectivity index (χ3n) is 4.03. The number of carbonyl (C=O) groups is 1. The summed E-state index contributed by atoms with van der Waals surface area (Å²) in [6, 6.07) is 13.6. The van der Waals surface area contributed by atoms with Crippen LogP contribution in [0.2, 0.25) is 0 Å². The van der Waals surface area contributed by atoms with Gasteiger partial charge >= 0.3 is 5.97 Å². The van der Waals surface area contributed by atoms with Crippen LogP contribution in [0.3, 0.4) is 0 Å². The van der Waals surface area contributed by atoms with E-state index in [1.807, 2.05) is 0 Å². The van der Waals surface area contributed by atoms with Gasteiger partial charge in [-0.15, -0.1) is 0 Å². The molecule has 0 heterocycles. The van der Waals surface area contributed by atoms with Gasteiger partial charge in [0.05, 0.1) is 18.3 Å². The highest BCUT2D eigenvalue weighted by Gasteiger charge is 2.34. The van der Waals surface area contributed by atoms with Crippen LogP contribution < -0.4 is 0 Å². The number of nitrogens with zero attached hydrogens (tertiary/aromatic N) is 2. The predicted octanol–water partition coefficient (Wildman–Crippen LogP) is 2.14. The molecule has 0 bridgehead atoms. The molecule has 0 spiro atoms. The van der Waals surface area contributed by atoms with Crippen molar-refractivity contribution in [2.24, 2.45) is 0 Å². The fourth-order valence-electron chi connectivity index (χ4n) is 2.73. The van der Waals surface area contributed by atoms with E-state index >= 15 is 0 Å². The highest BCUT2D eigenvalue weighted by Crippen LogP contribution is 2.23. The monoisotopic (exact) mass is 392 g/mol. The molecule has 8 nitrogen and oxygen atoms in total. The van der Waals surface area contributed by atoms with Gasteiger partial charge in [-0.25, -0.2) is 8.42 Å². The number of sulfonamides is 1. The number of esters is 1. The van der Waals surface area contributed by atoms with Crippen molar-refractivity contribution in [2.45, 2.75) is 19.0 Å². The molecule has 2 aromatic rings. The van der Waals surface area contributed by atoms with Crippen molar-refractivity contribution in [1.82, 2.24) is 4.31 Å². The number of benzene rings is 2. The molecule has 2 aromatic carbocycles. The van der Waals surface area contributed by atoms with E-state index in [1.165, 1.54) is 25.3 Å². The molecule has 0 saturated heterocycles. The van der Waals surface area contributed by atoms with Crippen molar-refractivity contribution >= 4 is 21.7 Å². The minimum absolute atomic E-state index is 0.0845. The van der Waals surface area contributed by atoms with Gasteiger partial charge < -0.3 is 4.74 Å². The zero-order chi connectivity index (χ0) is 20.0. The van der Waals surface area contributed by atoms with Gasteiger partial charge in [0.25, 0.3) is 5.69 Å². The molecule has 1 unspecified atom stereocenters. The van der Waals surface area contributed by atoms with Crippen molar-refractivity contribution in [3.05, 3.63) is 75.8 Å². The first-order chi connectivity index (χ1) is 12.7. The summed E-state index contributed by atoms with van der Waals surface area (Å²) in [6.07, 6.45) is 1.05. The fraction of sp³-hybridized carbons (Fsp3) is 0.278. The van der Waals surface area contributed by atoms with Crippen molar-refractivity contribution in [2.75, 3.05) is 13.4 Å². The zero-order valence-corrected chi connectivity index (χ0v) is 15.8. The Morgan fingerprint density at radius 1 is 1.15 bits per heavy atom. The predicted molar refractivity (Wildman–Crippen MR) is 99.4 cm³/mol. The number of hydrogen-bond donors (Lipinski definition) is 0. The molecule has 0 aliphatic carbocycles. The molecule has 0 N–H and O–H groups in total. The molecule has 0 aliphatic rings. The van der Waals surface area contributed by atoms with Crippen LogP contribution in [0.15, 0.2) is 54.6 Å². The Hall–Kier alpha value is -2.78. The summed E-state index contributed by atoms with van der Waals surface area (Å²) < 4.78 is 30.6. The quantitative estimate of drug-likeness (QED) is 0.387. The van der Waals surface area contributed by atoms with Gasteiger partial charge in [0.1, 0.15) is 6.04 Å². The van der Waals surface area contributed by atoms with Gasteiger partial charge in [-0.3, -0.25) is 14.9 Å². The van der Waals surface area contributed by atoms with E-state index in [4.69, 9.17) is 4.74 Å². The lowest BCUT2D eigenvalue weighted by Crippen LogP contribution is -2.46. The van der Waals surface area contributed by atoms with Crippen LogP contribution >= 0.6 is 0 Å². The number of carbonyl (C=O) groups excluding carboxylic acids is 1. The molecular weight excluding hydrogens is 372 g/mol. The number of methoxy groups -OCH3 is 1. The summed E-state index contributed by atoms with van der Waals surface area (Å²) in [5.41, 5.74) is 0.716. The van der Waals surface area contributed by atoms with Crippen LogP contribution in [0.25, 0.3) is 0 Å². The standard InChI is InChI=1S/C18H20N2O6S/c1-26-18(21)17(12-14-8-4-3-5-9-14)19(27(2,24)25)13-15-10-6-7-11-16(15)20(22)23/h3-11,17H,12-13H2,1-2H3. The highest BCUT2D eigenvalue weighted by atomic mass is 32.2. The van der Waals surface area contributed by atoms with Crippen molar-refractivity contribution in [3.8, 4) is 0 Å². The normalized spacial score (nSPS) is 12.6. The molecule has 0 radical (unpaired) electrons. The molecule has 9 heteroatoms. The summed E-state index contributed by atoms with van der Waals surface area (Å²) >= 11 is 0. The van der Waals surface area contributed by atoms with Crippen LogP contribution in [0.4, 0.5) is 5.69 Å². The number of rotatable bonds is 8. The average molecular weight is 392 g/mol. The average Bonchev–Trinajstić information content (AvgIpc) is 2.64. The lowest BCUT2D eigenvalue weighted by Gasteiger charge is -2.27. The lowest BCUT2D eigenvalue weighted by atomic mass is 10.1. The first-order valence-corrected chi connectivity index (χ1v) is 9.89. The molecule has 2 rings (SSSR count). The maximum Gasteiger partial charge on any atom is 0.324 e. The second-order valence-corrected chi connectivity index (χ2v) is 7.86. The number of para-hydroxylation sites is 1. The molecular formula is C18H20N2O6S. The molecule has 0 saturated carbocycles. The summed E-state index contributed by atoms with van der Waals surface area (Å²) in [5, 5.41) is 11.2. The Bertz CT molecular complexity index is 914. The van der Waals surface area contributed by atoms with E-state index in [0.717, 1.165) is 16.1 Å². The largest absolute Gasteiger partial charge is 0.468 e. The number of ether oxygens (including phenoxy) is 1. The summed E-state index contributed by atoms with van der Waals surface area (Å²) in [6.45, 7) is -0.317. The maximum atomic E-state index is 12.4. The van der Waals surface area contributed by atoms with Crippen LogP contribution in [0, 0.1) is 10.1 Å². The Morgan fingerprint density at radius 3 is 2.30 bits per heavy atom. The van der Waals surface area contributed by atoms with E-state index in [2.05, 4.69) is 0 Å². The Kier molecular flexibility index (Phi) is 6.65. The SMILES string of the molecule is COC(=O)C(Cc1ccccc1)N(Cc1ccccc1[N+](=O)[O-])S(C)(=O)=O. The molecule has 0 amide bonds. The number of hydrogen-bond acceptors (Lipinski definition) is 6. The van der Waals surface area contributed by atoms with E-state index in [-0.39, 0.29) is 24.2 Å². The van der Waals surface area contributed by atoms with Crippen molar-refractivity contribution in [1.29, 1.82) is 0 Å². The fourth-order valence-corrected chi connectivity index (χ4v) is 3.72. The molecule has 1 atom stereocenters. The maximum absolute atomic E-state index is 12.4. The molecule has 144 valence electrons. The second-order valence-electron chi connectivity index (χ2n) is 5.92. The minimum atomic E-state index is -3.87. The Balaban J connectivity index is 2.46. The van der Waals surface area contributed by atoms with Crippen LogP contribution in [-0.4, -0.2) is 43.0 Å². The van der Waals surface area contributed by atoms with Crippen molar-refractivity contribution < 1.29 is 22.9 Å². The summed E-state index contributed by atoms with van der Waals surface area (Å²) in [5.74, 6) is -0.733. The molecule has 0 aromatic heterocycles. The Morgan fingerprint density at radius 2 is 1.74 bits per heavy atom. The third kappa shape index (κ3) is 5.35. The smallest absolute Gasteiger partial charge is 0.324 e. The molecule has 27 heavy (non-hydrogen) atoms. The van der Waals surface area contributed by atoms with Gasteiger partial charge in [-0.05, 0) is 12.0 Å². The van der Waals surface area contributed by atoms with Gasteiger partial charge in [0, 0.05) is 18.2 Å². The van der Waals surface area contributed by atoms with Gasteiger partial charge in [0.15, 0.2) is 0 Å². The van der Waals surface area contributed by atoms with Gasteiger partial charge in [-0.2, -0.15) is 4.31 Å². The molecule has 0 aliphatic heterocycles. The minimum Gasteiger partial charge on any atom is -0.468 e. The third-order valence-corrected chi connectivity index (χ3v) is 5.27. The summed E-state index contributed by atoms with van der Waals surface area (Å²) in [7, 11) is -2.70. The first kappa shape index (κ1) is 20.5. The summed E-state index contributed by atoms with van der Waals surface area (Å²) in [4.78, 5) is 23.0. The van der Waals surface area contributed by atoms with Crippen LogP contribution in [-0.2, 0) is 32.5 Å². The van der Waals surface area contributed by atoms with Crippen LogP contribution in [0.5, 0.6) is 0 Å². The van der Waals surface area contributed by atoms with Gasteiger partial charge in [-0.1, -0.05) is 48.5 Å². The van der Waals surface area contributed by atoms with E-state index in [1.54, 1.807) is 36.4 Å². The number of nitro groups is 1. The van der Waals surface area contributed by atoms with E-state index < -0.39 is 27.0 Å². The lowest BCUT2D eigenvalue weighted by molar-refractivity contribution is -0.385. The first-order valence-electron chi connectivity index (χ1n) is 8.05. The van der Waals surface area contributed by atoms with Crippen molar-refractivity contribution in [3.63, 3.8) is 0 Å². The number of nitro benzene ring substituents is 1. The second kappa shape index (κ2) is 8.74. The van der Waals surface area contributed by atoms with Gasteiger partial charge in [0.2, 0.25) is 10.0 Å².